The summed E-state index contributed by atoms with van der Waals surface area (Å²) < 4.78 is 18.9. The smallest absolute Gasteiger partial charge is 0.239 e. The average molecular weight is 272 g/mol. The zero-order valence-corrected chi connectivity index (χ0v) is 10.9. The highest BCUT2D eigenvalue weighted by atomic mass is 19.1. The Morgan fingerprint density at radius 2 is 2.25 bits per heavy atom. The van der Waals surface area contributed by atoms with Gasteiger partial charge in [-0.3, -0.25) is 4.98 Å². The van der Waals surface area contributed by atoms with Crippen molar-refractivity contribution in [1.82, 2.24) is 9.97 Å². The SMILES string of the molecule is CCCNc1cncc(Oc2ccc(C#N)c(F)c2)n1. The number of benzene rings is 1. The lowest BCUT2D eigenvalue weighted by Crippen LogP contribution is -2.03. The van der Waals surface area contributed by atoms with Crippen molar-refractivity contribution < 1.29 is 9.13 Å². The number of halogens is 1. The molecular weight excluding hydrogens is 259 g/mol. The summed E-state index contributed by atoms with van der Waals surface area (Å²) in [4.78, 5) is 8.19. The van der Waals surface area contributed by atoms with E-state index in [4.69, 9.17) is 10.00 Å². The van der Waals surface area contributed by atoms with Crippen LogP contribution in [0.15, 0.2) is 30.6 Å². The standard InChI is InChI=1S/C14H13FN4O/c1-2-5-18-13-8-17-9-14(19-13)20-11-4-3-10(7-16)12(15)6-11/h3-4,6,8-9H,2,5H2,1H3,(H,18,19). The van der Waals surface area contributed by atoms with E-state index >= 15 is 0 Å². The summed E-state index contributed by atoms with van der Waals surface area (Å²) in [6, 6.07) is 5.76. The van der Waals surface area contributed by atoms with Crippen molar-refractivity contribution >= 4 is 5.82 Å². The molecule has 20 heavy (non-hydrogen) atoms. The molecule has 5 nitrogen and oxygen atoms in total. The van der Waals surface area contributed by atoms with E-state index in [-0.39, 0.29) is 17.2 Å². The van der Waals surface area contributed by atoms with E-state index in [1.807, 2.05) is 6.92 Å². The molecule has 0 amide bonds. The Balaban J connectivity index is 2.13. The Hall–Kier alpha value is -2.68. The third-order valence-corrected chi connectivity index (χ3v) is 2.45. The summed E-state index contributed by atoms with van der Waals surface area (Å²) in [7, 11) is 0. The van der Waals surface area contributed by atoms with Crippen LogP contribution in [0.3, 0.4) is 0 Å². The van der Waals surface area contributed by atoms with Crippen molar-refractivity contribution in [2.45, 2.75) is 13.3 Å². The Morgan fingerprint density at radius 3 is 2.95 bits per heavy atom. The Kier molecular flexibility index (Phi) is 4.45. The van der Waals surface area contributed by atoms with E-state index in [0.29, 0.717) is 5.82 Å². The van der Waals surface area contributed by atoms with E-state index in [9.17, 15) is 4.39 Å². The fourth-order valence-electron chi connectivity index (χ4n) is 1.51. The van der Waals surface area contributed by atoms with Crippen LogP contribution in [0.5, 0.6) is 11.6 Å². The molecule has 2 rings (SSSR count). The topological polar surface area (TPSA) is 70.8 Å². The third kappa shape index (κ3) is 3.42. The minimum absolute atomic E-state index is 0.0261. The molecule has 0 aliphatic carbocycles. The lowest BCUT2D eigenvalue weighted by molar-refractivity contribution is 0.456. The fraction of sp³-hybridized carbons (Fsp3) is 0.214. The Morgan fingerprint density at radius 1 is 1.40 bits per heavy atom. The first-order valence-electron chi connectivity index (χ1n) is 6.16. The molecule has 0 atom stereocenters. The molecule has 1 heterocycles. The number of hydrogen-bond acceptors (Lipinski definition) is 5. The van der Waals surface area contributed by atoms with Crippen LogP contribution in [-0.2, 0) is 0 Å². The van der Waals surface area contributed by atoms with Crippen LogP contribution in [0, 0.1) is 17.1 Å². The predicted octanol–water partition coefficient (Wildman–Crippen LogP) is 3.10. The van der Waals surface area contributed by atoms with E-state index in [0.717, 1.165) is 19.0 Å². The van der Waals surface area contributed by atoms with Gasteiger partial charge >= 0.3 is 0 Å². The monoisotopic (exact) mass is 272 g/mol. The molecule has 0 saturated heterocycles. The average Bonchev–Trinajstić information content (AvgIpc) is 2.46. The molecule has 0 spiro atoms. The van der Waals surface area contributed by atoms with E-state index < -0.39 is 5.82 Å². The number of nitrogens with one attached hydrogen (secondary N) is 1. The van der Waals surface area contributed by atoms with Crippen LogP contribution in [0.1, 0.15) is 18.9 Å². The van der Waals surface area contributed by atoms with Gasteiger partial charge in [-0.15, -0.1) is 0 Å². The number of anilines is 1. The van der Waals surface area contributed by atoms with Gasteiger partial charge in [-0.1, -0.05) is 6.92 Å². The van der Waals surface area contributed by atoms with Crippen molar-refractivity contribution in [3.63, 3.8) is 0 Å². The fourth-order valence-corrected chi connectivity index (χ4v) is 1.51. The zero-order chi connectivity index (χ0) is 14.4. The van der Waals surface area contributed by atoms with Gasteiger partial charge in [-0.05, 0) is 18.6 Å². The molecule has 0 fully saturated rings. The predicted molar refractivity (Wildman–Crippen MR) is 72.0 cm³/mol. The first kappa shape index (κ1) is 13.7. The highest BCUT2D eigenvalue weighted by Gasteiger charge is 2.06. The van der Waals surface area contributed by atoms with Gasteiger partial charge in [0.15, 0.2) is 0 Å². The molecule has 0 unspecified atom stereocenters. The summed E-state index contributed by atoms with van der Waals surface area (Å²) in [5.74, 6) is 0.496. The second-order valence-electron chi connectivity index (χ2n) is 4.02. The number of nitriles is 1. The molecule has 0 saturated carbocycles. The molecule has 102 valence electrons. The summed E-state index contributed by atoms with van der Waals surface area (Å²) in [6.07, 6.45) is 3.99. The highest BCUT2D eigenvalue weighted by Crippen LogP contribution is 2.22. The van der Waals surface area contributed by atoms with Gasteiger partial charge in [-0.2, -0.15) is 10.2 Å². The van der Waals surface area contributed by atoms with Crippen LogP contribution in [0.2, 0.25) is 0 Å². The maximum atomic E-state index is 13.4. The number of rotatable bonds is 5. The van der Waals surface area contributed by atoms with Gasteiger partial charge in [-0.25, -0.2) is 4.39 Å². The van der Waals surface area contributed by atoms with Gasteiger partial charge in [0.2, 0.25) is 5.88 Å². The van der Waals surface area contributed by atoms with Crippen molar-refractivity contribution in [1.29, 1.82) is 5.26 Å². The lowest BCUT2D eigenvalue weighted by atomic mass is 10.2. The summed E-state index contributed by atoms with van der Waals surface area (Å²) >= 11 is 0. The number of nitrogens with zero attached hydrogens (tertiary/aromatic N) is 3. The molecule has 0 aliphatic rings. The molecule has 1 aromatic carbocycles. The molecule has 1 N–H and O–H groups in total. The molecule has 2 aromatic rings. The Bertz CT molecular complexity index is 639. The Labute approximate surface area is 116 Å². The summed E-state index contributed by atoms with van der Waals surface area (Å²) in [5.41, 5.74) is -0.0261. The second kappa shape index (κ2) is 6.48. The molecule has 1 aromatic heterocycles. The van der Waals surface area contributed by atoms with Crippen molar-refractivity contribution in [3.05, 3.63) is 42.0 Å². The first-order chi connectivity index (χ1) is 9.72. The number of hydrogen-bond donors (Lipinski definition) is 1. The quantitative estimate of drug-likeness (QED) is 0.905. The largest absolute Gasteiger partial charge is 0.437 e. The van der Waals surface area contributed by atoms with Crippen molar-refractivity contribution in [2.75, 3.05) is 11.9 Å². The van der Waals surface area contributed by atoms with Gasteiger partial charge in [0.05, 0.1) is 18.0 Å². The third-order valence-electron chi connectivity index (χ3n) is 2.45. The zero-order valence-electron chi connectivity index (χ0n) is 10.9. The van der Waals surface area contributed by atoms with Gasteiger partial charge in [0, 0.05) is 12.6 Å². The lowest BCUT2D eigenvalue weighted by Gasteiger charge is -2.07. The van der Waals surface area contributed by atoms with Gasteiger partial charge in [0.1, 0.15) is 23.5 Å². The normalized spacial score (nSPS) is 9.85. The minimum Gasteiger partial charge on any atom is -0.437 e. The van der Waals surface area contributed by atoms with Crippen LogP contribution in [-0.4, -0.2) is 16.5 Å². The maximum absolute atomic E-state index is 13.4. The molecule has 0 bridgehead atoms. The van der Waals surface area contributed by atoms with Crippen LogP contribution in [0.4, 0.5) is 10.2 Å². The van der Waals surface area contributed by atoms with Crippen LogP contribution in [0.25, 0.3) is 0 Å². The van der Waals surface area contributed by atoms with Crippen molar-refractivity contribution in [2.24, 2.45) is 0 Å². The minimum atomic E-state index is -0.627. The van der Waals surface area contributed by atoms with Gasteiger partial charge < -0.3 is 10.1 Å². The highest BCUT2D eigenvalue weighted by molar-refractivity contribution is 5.38. The van der Waals surface area contributed by atoms with Crippen LogP contribution < -0.4 is 10.1 Å². The summed E-state index contributed by atoms with van der Waals surface area (Å²) in [5, 5.41) is 11.7. The molecule has 6 heteroatoms. The molecular formula is C14H13FN4O. The van der Waals surface area contributed by atoms with E-state index in [1.165, 1.54) is 18.3 Å². The first-order valence-corrected chi connectivity index (χ1v) is 6.16. The maximum Gasteiger partial charge on any atom is 0.239 e. The van der Waals surface area contributed by atoms with E-state index in [1.54, 1.807) is 12.3 Å². The number of ether oxygens (including phenoxy) is 1. The second-order valence-corrected chi connectivity index (χ2v) is 4.02. The van der Waals surface area contributed by atoms with Crippen LogP contribution >= 0.6 is 0 Å². The van der Waals surface area contributed by atoms with Gasteiger partial charge in [0.25, 0.3) is 0 Å². The summed E-state index contributed by atoms with van der Waals surface area (Å²) in [6.45, 7) is 2.82. The molecule has 0 aliphatic heterocycles. The number of aromatic nitrogens is 2. The van der Waals surface area contributed by atoms with Crippen molar-refractivity contribution in [3.8, 4) is 17.7 Å². The van der Waals surface area contributed by atoms with E-state index in [2.05, 4.69) is 15.3 Å². The molecule has 0 radical (unpaired) electrons.